The molecule has 40 N–H and O–H groups in total. The van der Waals surface area contributed by atoms with Crippen molar-refractivity contribution in [1.82, 2.24) is 95.7 Å². The van der Waals surface area contributed by atoms with Crippen molar-refractivity contribution in [2.45, 2.75) is 253 Å². The molecule has 17 amide bonds. The standard InChI is InChI=1S/C85H136N26O29/c1-42(2)32-52(69(125)96-38-62(117)97-48(25-17-31-95-85(92)93)70(126)104-57(37-65(122)123)78(134)107-58(39-112)79(135)99-50(24-13-15-29-87)73(129)111-67(44(5)115)82(138)108-59(40-113)80(136)109-60(41-114)83(139)140)102-77(133)56(36-64(120)121)105-71(127)51(26-27-61(89)116)100-81(137)66(43(3)4)110-72(128)49(23-12-14-28-86)98-76(132)55(35-63(118)119)106-75(131)54(34-46-20-10-7-11-21-46)103-74(130)53(33-45-18-8-6-9-19-45)101-68(124)47(88)22-16-30-94-84(90)91/h6-11,18-21,42-44,47-60,66-67,112-115H,12-17,22-41,86-88H2,1-5H3,(H2,89,116)(H,96,125)(H,97,117)(H,98,132)(H,99,135)(H,100,137)(H,101,124)(H,102,133)(H,103,130)(H,104,126)(H,105,127)(H,106,131)(H,107,134)(H,108,138)(H,109,136)(H,110,128)(H,111,129)(H,118,119)(H,120,121)(H,122,123)(H,139,140)(H4,90,91,94)(H4,92,93,95)/t44-,47+,48+,49+,50+,51+,52+,53+,54+,55+,56+,57+,58+,59+,60+,66+,67+/m1/s1. The predicted molar refractivity (Wildman–Crippen MR) is 494 cm³/mol. The molecule has 140 heavy (non-hydrogen) atoms. The number of carbonyl (C=O) groups excluding carboxylic acids is 17. The van der Waals surface area contributed by atoms with Gasteiger partial charge >= 0.3 is 23.9 Å². The topological polar surface area (TPSA) is 941 Å². The highest BCUT2D eigenvalue weighted by Crippen LogP contribution is 2.16. The maximum Gasteiger partial charge on any atom is 0.328 e. The minimum atomic E-state index is -2.17. The second-order valence-electron chi connectivity index (χ2n) is 33.4. The second-order valence-corrected chi connectivity index (χ2v) is 33.4. The number of benzene rings is 2. The number of aliphatic carboxylic acids is 4. The molecule has 2 rings (SSSR count). The molecule has 2 aromatic rings. The van der Waals surface area contributed by atoms with E-state index < -0.39 is 310 Å². The van der Waals surface area contributed by atoms with Crippen molar-refractivity contribution >= 4 is 136 Å². The molecule has 0 saturated carbocycles. The Kier molecular flexibility index (Phi) is 56.1. The molecule has 0 aliphatic carbocycles. The van der Waals surface area contributed by atoms with Gasteiger partial charge in [0.1, 0.15) is 90.6 Å². The maximum absolute atomic E-state index is 14.6. The van der Waals surface area contributed by atoms with Crippen LogP contribution in [-0.2, 0) is 114 Å². The van der Waals surface area contributed by atoms with E-state index in [1.807, 2.05) is 16.0 Å². The average molecular weight is 1990 g/mol. The lowest BCUT2D eigenvalue weighted by molar-refractivity contribution is -0.144. The number of aliphatic hydroxyl groups is 4. The highest BCUT2D eigenvalue weighted by Gasteiger charge is 2.41. The van der Waals surface area contributed by atoms with E-state index in [0.717, 1.165) is 6.92 Å². The minimum Gasteiger partial charge on any atom is -0.481 e. The molecule has 55 heteroatoms. The van der Waals surface area contributed by atoms with E-state index in [-0.39, 0.29) is 103 Å². The zero-order valence-corrected chi connectivity index (χ0v) is 78.2. The number of primary amides is 1. The Labute approximate surface area is 804 Å². The van der Waals surface area contributed by atoms with Crippen LogP contribution >= 0.6 is 0 Å². The molecule has 0 radical (unpaired) electrons. The van der Waals surface area contributed by atoms with Gasteiger partial charge in [-0.05, 0) is 120 Å². The molecule has 2 aromatic carbocycles. The van der Waals surface area contributed by atoms with Crippen molar-refractivity contribution in [3.63, 3.8) is 0 Å². The summed E-state index contributed by atoms with van der Waals surface area (Å²) in [7, 11) is 0. The number of hydrogen-bond donors (Lipinski definition) is 34. The summed E-state index contributed by atoms with van der Waals surface area (Å²) in [5.74, 6) is -29.5. The van der Waals surface area contributed by atoms with Gasteiger partial charge in [-0.2, -0.15) is 0 Å². The maximum atomic E-state index is 14.6. The molecule has 780 valence electrons. The summed E-state index contributed by atoms with van der Waals surface area (Å²) in [6, 6.07) is -12.2. The minimum absolute atomic E-state index is 0.0495. The number of nitrogens with two attached hydrogens (primary N) is 6. The Morgan fingerprint density at radius 3 is 1.03 bits per heavy atom. The van der Waals surface area contributed by atoms with Gasteiger partial charge in [0.05, 0.1) is 57.8 Å². The monoisotopic (exact) mass is 1980 g/mol. The van der Waals surface area contributed by atoms with Gasteiger partial charge in [0.15, 0.2) is 11.9 Å². The Bertz CT molecular complexity index is 4520. The number of carboxylic acid groups (broad SMARTS) is 4. The lowest BCUT2D eigenvalue weighted by Gasteiger charge is -2.29. The van der Waals surface area contributed by atoms with Gasteiger partial charge in [-0.15, -0.1) is 0 Å². The van der Waals surface area contributed by atoms with E-state index in [9.17, 15) is 142 Å². The molecule has 0 fully saturated rings. The lowest BCUT2D eigenvalue weighted by Crippen LogP contribution is -2.62. The number of carbonyl (C=O) groups is 21. The van der Waals surface area contributed by atoms with E-state index in [1.54, 1.807) is 74.5 Å². The normalized spacial score (nSPS) is 14.7. The first kappa shape index (κ1) is 122. The number of rotatable bonds is 69. The van der Waals surface area contributed by atoms with Crippen LogP contribution < -0.4 is 130 Å². The third-order valence-corrected chi connectivity index (χ3v) is 20.8. The first-order valence-corrected chi connectivity index (χ1v) is 44.9. The van der Waals surface area contributed by atoms with Crippen LogP contribution in [0.25, 0.3) is 0 Å². The van der Waals surface area contributed by atoms with Crippen LogP contribution in [0.4, 0.5) is 0 Å². The van der Waals surface area contributed by atoms with Gasteiger partial charge in [-0.1, -0.05) is 88.4 Å². The van der Waals surface area contributed by atoms with Crippen molar-refractivity contribution in [3.8, 4) is 0 Å². The summed E-state index contributed by atoms with van der Waals surface area (Å²) in [6.45, 7) is 2.55. The molecule has 0 saturated heterocycles. The highest BCUT2D eigenvalue weighted by atomic mass is 16.4. The van der Waals surface area contributed by atoms with Crippen LogP contribution in [0.2, 0.25) is 0 Å². The molecule has 0 spiro atoms. The van der Waals surface area contributed by atoms with Crippen LogP contribution in [0.3, 0.4) is 0 Å². The SMILES string of the molecule is CC(C)C[C@H](NC(=O)[C@H](CC(=O)O)NC(=O)[C@H](CCC(N)=O)NC(=O)[C@@H](NC(=O)[C@H](CCCCN)NC(=O)[C@H](CC(=O)O)NC(=O)[C@H](Cc1ccccc1)NC(=O)[C@H](Cc1ccccc1)NC(=O)[C@@H](N)CCCNC(=N)N)C(C)C)C(=O)NCC(=O)N[C@@H](CCCNC(=N)N)C(=O)N[C@@H](CC(=O)O)C(=O)N[C@@H](CO)C(=O)N[C@@H](CCCCN)C(=O)N[C@H](C(=O)N[C@@H](CO)C(=O)N[C@@H](CO)C(=O)O)[C@@H](C)O. The van der Waals surface area contributed by atoms with Crippen LogP contribution in [0, 0.1) is 22.7 Å². The fourth-order valence-corrected chi connectivity index (χ4v) is 13.3. The predicted octanol–water partition coefficient (Wildman–Crippen LogP) is -12.2. The first-order valence-electron chi connectivity index (χ1n) is 44.9. The van der Waals surface area contributed by atoms with Gasteiger partial charge in [0, 0.05) is 32.4 Å². The molecule has 0 bridgehead atoms. The third kappa shape index (κ3) is 47.6. The van der Waals surface area contributed by atoms with Gasteiger partial charge in [-0.3, -0.25) is 107 Å². The fourth-order valence-electron chi connectivity index (χ4n) is 13.3. The number of amides is 17. The second kappa shape index (κ2) is 64.6. The zero-order chi connectivity index (χ0) is 106. The number of carboxylic acids is 4. The van der Waals surface area contributed by atoms with Crippen molar-refractivity contribution in [2.24, 2.45) is 46.2 Å². The Morgan fingerprint density at radius 1 is 0.336 bits per heavy atom. The molecule has 0 aliphatic rings. The summed E-state index contributed by atoms with van der Waals surface area (Å²) >= 11 is 0. The Morgan fingerprint density at radius 2 is 0.650 bits per heavy atom. The Balaban J connectivity index is 2.49. The number of aliphatic hydroxyl groups excluding tert-OH is 4. The molecule has 0 unspecified atom stereocenters. The van der Waals surface area contributed by atoms with Crippen molar-refractivity contribution in [3.05, 3.63) is 71.8 Å². The van der Waals surface area contributed by atoms with Gasteiger partial charge in [-0.25, -0.2) is 4.79 Å². The van der Waals surface area contributed by atoms with Gasteiger partial charge < -0.3 is 171 Å². The van der Waals surface area contributed by atoms with Crippen LogP contribution in [0.15, 0.2) is 60.7 Å². The van der Waals surface area contributed by atoms with Crippen LogP contribution in [0.5, 0.6) is 0 Å². The molecular formula is C85H136N26O29. The van der Waals surface area contributed by atoms with E-state index in [2.05, 4.69) is 79.8 Å². The average Bonchev–Trinajstić information content (AvgIpc) is 0.846. The molecule has 0 heterocycles. The summed E-state index contributed by atoms with van der Waals surface area (Å²) in [6.07, 6.45) is -7.53. The molecule has 0 aliphatic heterocycles. The third-order valence-electron chi connectivity index (χ3n) is 20.8. The van der Waals surface area contributed by atoms with Crippen molar-refractivity contribution in [2.75, 3.05) is 52.5 Å². The van der Waals surface area contributed by atoms with E-state index in [4.69, 9.17) is 45.2 Å². The number of hydrogen-bond acceptors (Lipinski definition) is 30. The van der Waals surface area contributed by atoms with E-state index in [1.165, 1.54) is 13.8 Å². The quantitative estimate of drug-likeness (QED) is 0.0166. The van der Waals surface area contributed by atoms with Crippen LogP contribution in [-0.4, -0.2) is 332 Å². The smallest absolute Gasteiger partial charge is 0.328 e. The van der Waals surface area contributed by atoms with E-state index >= 15 is 0 Å². The molecule has 0 aromatic heterocycles. The number of nitrogens with one attached hydrogen (secondary N) is 20. The first-order chi connectivity index (χ1) is 66.0. The zero-order valence-electron chi connectivity index (χ0n) is 78.2. The number of guanidine groups is 2. The van der Waals surface area contributed by atoms with Crippen molar-refractivity contribution < 1.29 is 142 Å². The lowest BCUT2D eigenvalue weighted by atomic mass is 10.00. The summed E-state index contributed by atoms with van der Waals surface area (Å²) in [5.41, 5.74) is 34.9. The van der Waals surface area contributed by atoms with Crippen molar-refractivity contribution in [1.29, 1.82) is 10.8 Å². The fraction of sp³-hybridized carbons (Fsp3) is 0.588. The van der Waals surface area contributed by atoms with Crippen LogP contribution in [0.1, 0.15) is 148 Å². The largest absolute Gasteiger partial charge is 0.481 e. The molecular weight excluding hydrogens is 1850 g/mol. The molecule has 55 nitrogen and oxygen atoms in total. The highest BCUT2D eigenvalue weighted by molar-refractivity contribution is 6.02. The Hall–Kier alpha value is -14.4. The van der Waals surface area contributed by atoms with E-state index in [0.29, 0.717) is 17.5 Å². The van der Waals surface area contributed by atoms with Gasteiger partial charge in [0.2, 0.25) is 100 Å². The summed E-state index contributed by atoms with van der Waals surface area (Å²) < 4.78 is 0. The molecule has 17 atom stereocenters. The summed E-state index contributed by atoms with van der Waals surface area (Å²) in [5, 5.41) is 136. The van der Waals surface area contributed by atoms with Gasteiger partial charge in [0.25, 0.3) is 0 Å². The number of unbranched alkanes of at least 4 members (excludes halogenated alkanes) is 2. The summed E-state index contributed by atoms with van der Waals surface area (Å²) in [4.78, 5) is 286.